The topological polar surface area (TPSA) is 61.0 Å². The number of nitrogens with one attached hydrogen (secondary N) is 2. The van der Waals surface area contributed by atoms with Crippen molar-refractivity contribution in [3.63, 3.8) is 0 Å². The molecule has 8 heteroatoms. The van der Waals surface area contributed by atoms with Crippen LogP contribution in [-0.2, 0) is 17.8 Å². The number of aromatic nitrogens is 2. The summed E-state index contributed by atoms with van der Waals surface area (Å²) in [6.45, 7) is 1.31. The van der Waals surface area contributed by atoms with Gasteiger partial charge in [-0.25, -0.2) is 0 Å². The molecular weight excluding hydrogens is 237 g/mol. The van der Waals surface area contributed by atoms with E-state index in [1.165, 1.54) is 0 Å². The minimum atomic E-state index is -4.89. The van der Waals surface area contributed by atoms with Crippen LogP contribution in [0, 0.1) is 0 Å². The van der Waals surface area contributed by atoms with Gasteiger partial charge in [0.15, 0.2) is 5.82 Å². The SMILES string of the molecule is CN1CCc2c(NC(=O)C(F)(F)F)n[nH]c2C1. The Morgan fingerprint density at radius 1 is 1.53 bits per heavy atom. The number of amides is 1. The van der Waals surface area contributed by atoms with Crippen LogP contribution in [0.3, 0.4) is 0 Å². The Hall–Kier alpha value is -1.57. The van der Waals surface area contributed by atoms with Crippen LogP contribution in [0.1, 0.15) is 11.3 Å². The van der Waals surface area contributed by atoms with Crippen molar-refractivity contribution in [1.82, 2.24) is 15.1 Å². The second kappa shape index (κ2) is 4.02. The van der Waals surface area contributed by atoms with Gasteiger partial charge in [-0.15, -0.1) is 0 Å². The molecule has 0 fully saturated rings. The van der Waals surface area contributed by atoms with Gasteiger partial charge in [0, 0.05) is 18.7 Å². The molecule has 5 nitrogen and oxygen atoms in total. The summed E-state index contributed by atoms with van der Waals surface area (Å²) in [7, 11) is 1.90. The van der Waals surface area contributed by atoms with Crippen LogP contribution in [0.15, 0.2) is 0 Å². The molecule has 1 aliphatic rings. The van der Waals surface area contributed by atoms with E-state index in [1.54, 1.807) is 5.32 Å². The van der Waals surface area contributed by atoms with E-state index in [0.717, 1.165) is 12.2 Å². The number of alkyl halides is 3. The van der Waals surface area contributed by atoms with Crippen molar-refractivity contribution in [2.45, 2.75) is 19.1 Å². The second-order valence-electron chi connectivity index (χ2n) is 3.97. The van der Waals surface area contributed by atoms with Gasteiger partial charge in [-0.05, 0) is 13.5 Å². The first-order chi connectivity index (χ1) is 7.88. The number of H-pyrrole nitrogens is 1. The highest BCUT2D eigenvalue weighted by Gasteiger charge is 2.39. The van der Waals surface area contributed by atoms with E-state index in [9.17, 15) is 18.0 Å². The fraction of sp³-hybridized carbons (Fsp3) is 0.556. The first-order valence-corrected chi connectivity index (χ1v) is 5.01. The maximum Gasteiger partial charge on any atom is 0.471 e. The van der Waals surface area contributed by atoms with Crippen molar-refractivity contribution < 1.29 is 18.0 Å². The maximum atomic E-state index is 12.1. The minimum absolute atomic E-state index is 0.0181. The summed E-state index contributed by atoms with van der Waals surface area (Å²) >= 11 is 0. The average molecular weight is 248 g/mol. The van der Waals surface area contributed by atoms with E-state index < -0.39 is 12.1 Å². The third kappa shape index (κ3) is 2.41. The molecule has 1 amide bonds. The first-order valence-electron chi connectivity index (χ1n) is 5.01. The summed E-state index contributed by atoms with van der Waals surface area (Å²) in [5, 5.41) is 8.12. The van der Waals surface area contributed by atoms with E-state index >= 15 is 0 Å². The summed E-state index contributed by atoms with van der Waals surface area (Å²) in [5.41, 5.74) is 1.40. The molecule has 2 heterocycles. The normalized spacial score (nSPS) is 16.7. The number of nitrogens with zero attached hydrogens (tertiary/aromatic N) is 2. The summed E-state index contributed by atoms with van der Waals surface area (Å²) in [5.74, 6) is -2.01. The van der Waals surface area contributed by atoms with Crippen LogP contribution in [0.25, 0.3) is 0 Å². The molecule has 2 rings (SSSR count). The predicted molar refractivity (Wildman–Crippen MR) is 53.3 cm³/mol. The molecule has 0 aliphatic carbocycles. The highest BCUT2D eigenvalue weighted by molar-refractivity contribution is 5.94. The molecule has 0 atom stereocenters. The van der Waals surface area contributed by atoms with E-state index in [-0.39, 0.29) is 5.82 Å². The molecule has 1 aromatic heterocycles. The molecule has 0 saturated carbocycles. The number of hydrogen-bond donors (Lipinski definition) is 2. The zero-order valence-electron chi connectivity index (χ0n) is 9.06. The molecule has 0 radical (unpaired) electrons. The van der Waals surface area contributed by atoms with Gasteiger partial charge in [0.05, 0.1) is 5.69 Å². The van der Waals surface area contributed by atoms with Gasteiger partial charge in [-0.3, -0.25) is 9.89 Å². The molecule has 0 bridgehead atoms. The Morgan fingerprint density at radius 3 is 2.88 bits per heavy atom. The zero-order chi connectivity index (χ0) is 12.6. The number of carbonyl (C=O) groups excluding carboxylic acids is 1. The molecule has 0 aromatic carbocycles. The van der Waals surface area contributed by atoms with Crippen LogP contribution in [-0.4, -0.2) is 40.8 Å². The van der Waals surface area contributed by atoms with Gasteiger partial charge in [0.1, 0.15) is 0 Å². The van der Waals surface area contributed by atoms with Crippen LogP contribution in [0.2, 0.25) is 0 Å². The number of rotatable bonds is 1. The van der Waals surface area contributed by atoms with Crippen molar-refractivity contribution in [3.05, 3.63) is 11.3 Å². The van der Waals surface area contributed by atoms with Gasteiger partial charge < -0.3 is 10.2 Å². The number of aromatic amines is 1. The minimum Gasteiger partial charge on any atom is -0.301 e. The van der Waals surface area contributed by atoms with Gasteiger partial charge in [-0.1, -0.05) is 0 Å². The molecule has 1 aliphatic heterocycles. The molecule has 1 aromatic rings. The third-order valence-electron chi connectivity index (χ3n) is 2.61. The number of halogens is 3. The van der Waals surface area contributed by atoms with Gasteiger partial charge >= 0.3 is 12.1 Å². The lowest BCUT2D eigenvalue weighted by atomic mass is 10.1. The Bertz CT molecular complexity index is 440. The summed E-state index contributed by atoms with van der Waals surface area (Å²) in [6, 6.07) is 0. The largest absolute Gasteiger partial charge is 0.471 e. The highest BCUT2D eigenvalue weighted by Crippen LogP contribution is 2.24. The van der Waals surface area contributed by atoms with Gasteiger partial charge in [-0.2, -0.15) is 18.3 Å². The van der Waals surface area contributed by atoms with E-state index in [2.05, 4.69) is 10.2 Å². The lowest BCUT2D eigenvalue weighted by molar-refractivity contribution is -0.167. The lowest BCUT2D eigenvalue weighted by Crippen LogP contribution is -2.31. The van der Waals surface area contributed by atoms with Crippen molar-refractivity contribution in [2.75, 3.05) is 18.9 Å². The van der Waals surface area contributed by atoms with Gasteiger partial charge in [0.25, 0.3) is 0 Å². The molecule has 17 heavy (non-hydrogen) atoms. The van der Waals surface area contributed by atoms with Crippen molar-refractivity contribution in [2.24, 2.45) is 0 Å². The van der Waals surface area contributed by atoms with Crippen LogP contribution < -0.4 is 5.32 Å². The highest BCUT2D eigenvalue weighted by atomic mass is 19.4. The van der Waals surface area contributed by atoms with E-state index in [0.29, 0.717) is 18.5 Å². The van der Waals surface area contributed by atoms with Crippen LogP contribution in [0.5, 0.6) is 0 Å². The summed E-state index contributed by atoms with van der Waals surface area (Å²) < 4.78 is 36.2. The van der Waals surface area contributed by atoms with Crippen molar-refractivity contribution >= 4 is 11.7 Å². The zero-order valence-corrected chi connectivity index (χ0v) is 9.06. The standard InChI is InChI=1S/C9H11F3N4O/c1-16-3-2-5-6(4-16)14-15-7(5)13-8(17)9(10,11)12/h2-4H2,1H3,(H2,13,14,15,17). The van der Waals surface area contributed by atoms with E-state index in [4.69, 9.17) is 0 Å². The number of carbonyl (C=O) groups is 1. The Balaban J connectivity index is 2.16. The van der Waals surface area contributed by atoms with Crippen molar-refractivity contribution in [3.8, 4) is 0 Å². The van der Waals surface area contributed by atoms with Crippen molar-refractivity contribution in [1.29, 1.82) is 0 Å². The van der Waals surface area contributed by atoms with Crippen LogP contribution in [0.4, 0.5) is 19.0 Å². The van der Waals surface area contributed by atoms with Crippen LogP contribution >= 0.6 is 0 Å². The smallest absolute Gasteiger partial charge is 0.301 e. The van der Waals surface area contributed by atoms with E-state index in [1.807, 2.05) is 11.9 Å². The molecular formula is C9H11F3N4O. The number of anilines is 1. The fourth-order valence-corrected chi connectivity index (χ4v) is 1.73. The Morgan fingerprint density at radius 2 is 2.24 bits per heavy atom. The molecule has 94 valence electrons. The monoisotopic (exact) mass is 248 g/mol. The molecule has 0 unspecified atom stereocenters. The maximum absolute atomic E-state index is 12.1. The summed E-state index contributed by atoms with van der Waals surface area (Å²) in [4.78, 5) is 12.8. The van der Waals surface area contributed by atoms with Gasteiger partial charge in [0.2, 0.25) is 0 Å². The third-order valence-corrected chi connectivity index (χ3v) is 2.61. The summed E-state index contributed by atoms with van der Waals surface area (Å²) in [6.07, 6.45) is -4.33. The Labute approximate surface area is 95.0 Å². The quantitative estimate of drug-likeness (QED) is 0.776. The molecule has 0 saturated heterocycles. The predicted octanol–water partition coefficient (Wildman–Crippen LogP) is 0.898. The number of fused-ring (bicyclic) bond motifs is 1. The number of likely N-dealkylation sites (N-methyl/N-ethyl adjacent to an activating group) is 1. The fourth-order valence-electron chi connectivity index (χ4n) is 1.73. The average Bonchev–Trinajstić information content (AvgIpc) is 2.59. The molecule has 0 spiro atoms. The first kappa shape index (κ1) is 11.9. The lowest BCUT2D eigenvalue weighted by Gasteiger charge is -2.21. The number of hydrogen-bond acceptors (Lipinski definition) is 3. The second-order valence-corrected chi connectivity index (χ2v) is 3.97. The Kier molecular flexibility index (Phi) is 2.82. The molecule has 2 N–H and O–H groups in total.